The largest absolute Gasteiger partial charge is 0.493 e. The van der Waals surface area contributed by atoms with Crippen LogP contribution in [-0.2, 0) is 6.42 Å². The van der Waals surface area contributed by atoms with Gasteiger partial charge in [0.1, 0.15) is 5.75 Å². The summed E-state index contributed by atoms with van der Waals surface area (Å²) in [6, 6.07) is 16.8. The van der Waals surface area contributed by atoms with Crippen molar-refractivity contribution in [3.63, 3.8) is 0 Å². The van der Waals surface area contributed by atoms with Gasteiger partial charge in [-0.2, -0.15) is 0 Å². The van der Waals surface area contributed by atoms with Gasteiger partial charge in [0, 0.05) is 23.3 Å². The minimum absolute atomic E-state index is 0.00572. The molecule has 3 heteroatoms. The predicted molar refractivity (Wildman–Crippen MR) is 108 cm³/mol. The molecular weight excluding hydrogens is 308 g/mol. The van der Waals surface area contributed by atoms with Gasteiger partial charge in [0.15, 0.2) is 0 Å². The molecule has 0 heterocycles. The van der Waals surface area contributed by atoms with Crippen molar-refractivity contribution < 1.29 is 4.74 Å². The van der Waals surface area contributed by atoms with Crippen LogP contribution in [0.3, 0.4) is 0 Å². The molecule has 0 aromatic heterocycles. The van der Waals surface area contributed by atoms with Gasteiger partial charge < -0.3 is 15.8 Å². The summed E-state index contributed by atoms with van der Waals surface area (Å²) in [5.41, 5.74) is 9.28. The lowest BCUT2D eigenvalue weighted by Gasteiger charge is -2.22. The van der Waals surface area contributed by atoms with Gasteiger partial charge in [-0.05, 0) is 60.7 Å². The van der Waals surface area contributed by atoms with Crippen molar-refractivity contribution >= 4 is 11.4 Å². The standard InChI is InChI=1S/C22H32N2O/c1-17(2)5-6-18-7-9-19(10-8-18)24-20-11-13-21(14-12-20)25-16-22(3,4)15-23/h7-14,17,24H,5-6,15-16,23H2,1-4H3. The lowest BCUT2D eigenvalue weighted by atomic mass is 9.95. The second kappa shape index (κ2) is 8.91. The van der Waals surface area contributed by atoms with E-state index in [4.69, 9.17) is 10.5 Å². The van der Waals surface area contributed by atoms with Gasteiger partial charge in [0.25, 0.3) is 0 Å². The molecule has 2 aromatic rings. The molecule has 136 valence electrons. The van der Waals surface area contributed by atoms with Crippen LogP contribution in [0.1, 0.15) is 39.7 Å². The number of ether oxygens (including phenoxy) is 1. The van der Waals surface area contributed by atoms with E-state index in [1.807, 2.05) is 24.3 Å². The van der Waals surface area contributed by atoms with E-state index in [1.165, 1.54) is 12.0 Å². The van der Waals surface area contributed by atoms with Crippen molar-refractivity contribution in [3.8, 4) is 5.75 Å². The minimum Gasteiger partial charge on any atom is -0.493 e. The average Bonchev–Trinajstić information content (AvgIpc) is 2.60. The summed E-state index contributed by atoms with van der Waals surface area (Å²) in [6.45, 7) is 9.97. The number of rotatable bonds is 9. The van der Waals surface area contributed by atoms with Gasteiger partial charge in [0.2, 0.25) is 0 Å². The lowest BCUT2D eigenvalue weighted by molar-refractivity contribution is 0.187. The molecule has 0 fully saturated rings. The van der Waals surface area contributed by atoms with Gasteiger partial charge in [-0.3, -0.25) is 0 Å². The van der Waals surface area contributed by atoms with E-state index in [0.29, 0.717) is 13.2 Å². The van der Waals surface area contributed by atoms with Crippen molar-refractivity contribution in [1.82, 2.24) is 0 Å². The number of nitrogens with two attached hydrogens (primary N) is 1. The van der Waals surface area contributed by atoms with Gasteiger partial charge in [-0.1, -0.05) is 39.8 Å². The molecule has 0 aliphatic carbocycles. The van der Waals surface area contributed by atoms with Crippen LogP contribution in [0.2, 0.25) is 0 Å². The first-order valence-electron chi connectivity index (χ1n) is 9.17. The molecule has 3 N–H and O–H groups in total. The smallest absolute Gasteiger partial charge is 0.119 e. The first-order valence-corrected chi connectivity index (χ1v) is 9.17. The summed E-state index contributed by atoms with van der Waals surface area (Å²) in [4.78, 5) is 0. The SMILES string of the molecule is CC(C)CCc1ccc(Nc2ccc(OCC(C)(C)CN)cc2)cc1. The zero-order valence-corrected chi connectivity index (χ0v) is 16.0. The number of benzene rings is 2. The minimum atomic E-state index is -0.00572. The zero-order valence-electron chi connectivity index (χ0n) is 16.0. The molecule has 0 aliphatic heterocycles. The second-order valence-electron chi connectivity index (χ2n) is 7.94. The van der Waals surface area contributed by atoms with Crippen molar-refractivity contribution in [1.29, 1.82) is 0 Å². The summed E-state index contributed by atoms with van der Waals surface area (Å²) in [7, 11) is 0. The predicted octanol–water partition coefficient (Wildman–Crippen LogP) is 5.38. The Morgan fingerprint density at radius 1 is 0.960 bits per heavy atom. The van der Waals surface area contributed by atoms with Crippen LogP contribution in [0, 0.1) is 11.3 Å². The Kier molecular flexibility index (Phi) is 6.89. The number of hydrogen-bond acceptors (Lipinski definition) is 3. The first kappa shape index (κ1) is 19.3. The summed E-state index contributed by atoms with van der Waals surface area (Å²) < 4.78 is 5.82. The van der Waals surface area contributed by atoms with Crippen LogP contribution in [0.4, 0.5) is 11.4 Å². The molecule has 3 nitrogen and oxygen atoms in total. The van der Waals surface area contributed by atoms with Crippen LogP contribution in [0.15, 0.2) is 48.5 Å². The summed E-state index contributed by atoms with van der Waals surface area (Å²) in [5, 5.41) is 3.43. The Labute approximate surface area is 152 Å². The number of nitrogens with one attached hydrogen (secondary N) is 1. The van der Waals surface area contributed by atoms with E-state index < -0.39 is 0 Å². The Balaban J connectivity index is 1.88. The second-order valence-corrected chi connectivity index (χ2v) is 7.94. The molecular formula is C22H32N2O. The average molecular weight is 341 g/mol. The van der Waals surface area contributed by atoms with E-state index in [2.05, 4.69) is 57.3 Å². The fourth-order valence-corrected chi connectivity index (χ4v) is 2.35. The molecule has 0 atom stereocenters. The fraction of sp³-hybridized carbons (Fsp3) is 0.455. The Morgan fingerprint density at radius 3 is 2.04 bits per heavy atom. The molecule has 0 spiro atoms. The third-order valence-corrected chi connectivity index (χ3v) is 4.29. The molecule has 0 aliphatic rings. The maximum atomic E-state index is 5.82. The van der Waals surface area contributed by atoms with Crippen molar-refractivity contribution in [2.45, 2.75) is 40.5 Å². The normalized spacial score (nSPS) is 11.6. The van der Waals surface area contributed by atoms with E-state index in [0.717, 1.165) is 29.5 Å². The van der Waals surface area contributed by atoms with Crippen molar-refractivity contribution in [2.24, 2.45) is 17.1 Å². The van der Waals surface area contributed by atoms with E-state index in [9.17, 15) is 0 Å². The molecule has 0 saturated heterocycles. The summed E-state index contributed by atoms with van der Waals surface area (Å²) in [5.74, 6) is 1.62. The third-order valence-electron chi connectivity index (χ3n) is 4.29. The lowest BCUT2D eigenvalue weighted by Crippen LogP contribution is -2.30. The van der Waals surface area contributed by atoms with Gasteiger partial charge in [-0.25, -0.2) is 0 Å². The number of anilines is 2. The molecule has 2 rings (SSSR count). The molecule has 0 amide bonds. The Hall–Kier alpha value is -2.00. The Morgan fingerprint density at radius 2 is 1.52 bits per heavy atom. The maximum Gasteiger partial charge on any atom is 0.119 e. The quantitative estimate of drug-likeness (QED) is 0.644. The van der Waals surface area contributed by atoms with E-state index >= 15 is 0 Å². The Bertz CT molecular complexity index is 630. The molecule has 0 bridgehead atoms. The van der Waals surface area contributed by atoms with E-state index in [1.54, 1.807) is 0 Å². The van der Waals surface area contributed by atoms with Crippen LogP contribution in [0.5, 0.6) is 5.75 Å². The molecule has 2 aromatic carbocycles. The van der Waals surface area contributed by atoms with Crippen LogP contribution < -0.4 is 15.8 Å². The van der Waals surface area contributed by atoms with Gasteiger partial charge in [0.05, 0.1) is 6.61 Å². The molecule has 25 heavy (non-hydrogen) atoms. The highest BCUT2D eigenvalue weighted by molar-refractivity contribution is 5.60. The highest BCUT2D eigenvalue weighted by Crippen LogP contribution is 2.22. The monoisotopic (exact) mass is 340 g/mol. The highest BCUT2D eigenvalue weighted by Gasteiger charge is 2.16. The molecule has 0 radical (unpaired) electrons. The molecule has 0 unspecified atom stereocenters. The first-order chi connectivity index (χ1) is 11.9. The van der Waals surface area contributed by atoms with Gasteiger partial charge >= 0.3 is 0 Å². The van der Waals surface area contributed by atoms with Crippen molar-refractivity contribution in [2.75, 3.05) is 18.5 Å². The zero-order chi connectivity index (χ0) is 18.3. The van der Waals surface area contributed by atoms with E-state index in [-0.39, 0.29) is 5.41 Å². The highest BCUT2D eigenvalue weighted by atomic mass is 16.5. The number of aryl methyl sites for hydroxylation is 1. The van der Waals surface area contributed by atoms with Gasteiger partial charge in [-0.15, -0.1) is 0 Å². The molecule has 0 saturated carbocycles. The maximum absolute atomic E-state index is 5.82. The van der Waals surface area contributed by atoms with Crippen LogP contribution in [-0.4, -0.2) is 13.2 Å². The van der Waals surface area contributed by atoms with Crippen LogP contribution in [0.25, 0.3) is 0 Å². The number of hydrogen-bond donors (Lipinski definition) is 2. The van der Waals surface area contributed by atoms with Crippen molar-refractivity contribution in [3.05, 3.63) is 54.1 Å². The summed E-state index contributed by atoms with van der Waals surface area (Å²) in [6.07, 6.45) is 2.37. The summed E-state index contributed by atoms with van der Waals surface area (Å²) >= 11 is 0. The fourth-order valence-electron chi connectivity index (χ4n) is 2.35. The third kappa shape index (κ3) is 6.79. The van der Waals surface area contributed by atoms with Crippen LogP contribution >= 0.6 is 0 Å². The topological polar surface area (TPSA) is 47.3 Å².